The number of anilines is 1. The highest BCUT2D eigenvalue weighted by molar-refractivity contribution is 9.10. The van der Waals surface area contributed by atoms with E-state index in [0.29, 0.717) is 10.7 Å². The van der Waals surface area contributed by atoms with Crippen LogP contribution in [0.25, 0.3) is 0 Å². The summed E-state index contributed by atoms with van der Waals surface area (Å²) in [6.07, 6.45) is 1.36. The smallest absolute Gasteiger partial charge is 0.274 e. The molecule has 1 aromatic carbocycles. The van der Waals surface area contributed by atoms with Crippen molar-refractivity contribution in [2.24, 2.45) is 5.14 Å². The van der Waals surface area contributed by atoms with Crippen LogP contribution in [0.4, 0.5) is 5.69 Å². The van der Waals surface area contributed by atoms with Crippen molar-refractivity contribution in [3.05, 3.63) is 51.7 Å². The Balaban J connectivity index is 2.22. The minimum absolute atomic E-state index is 0.0647. The van der Waals surface area contributed by atoms with Crippen molar-refractivity contribution in [1.29, 1.82) is 0 Å². The summed E-state index contributed by atoms with van der Waals surface area (Å²) < 4.78 is 22.8. The number of carbonyl (C=O) groups is 1. The zero-order valence-electron chi connectivity index (χ0n) is 10.4. The standard InChI is InChI=1S/C12H9BrClN3O3S/c13-9-5-8(2-4-11(9)21(15,19)20)17-12(18)10-3-1-7(14)6-16-10/h1-6H,(H,17,18)(H2,15,19,20). The second kappa shape index (κ2) is 6.10. The molecule has 3 N–H and O–H groups in total. The van der Waals surface area contributed by atoms with Crippen LogP contribution in [0.1, 0.15) is 10.5 Å². The van der Waals surface area contributed by atoms with Gasteiger partial charge in [0.1, 0.15) is 5.69 Å². The first-order valence-corrected chi connectivity index (χ1v) is 8.24. The summed E-state index contributed by atoms with van der Waals surface area (Å²) >= 11 is 8.78. The largest absolute Gasteiger partial charge is 0.321 e. The fourth-order valence-corrected chi connectivity index (χ4v) is 3.27. The lowest BCUT2D eigenvalue weighted by Crippen LogP contribution is -2.15. The molecule has 0 saturated carbocycles. The van der Waals surface area contributed by atoms with Gasteiger partial charge in [0.2, 0.25) is 10.0 Å². The molecule has 0 aliphatic heterocycles. The number of carbonyl (C=O) groups excluding carboxylic acids is 1. The highest BCUT2D eigenvalue weighted by Gasteiger charge is 2.14. The predicted octanol–water partition coefficient (Wildman–Crippen LogP) is 2.40. The Morgan fingerprint density at radius 2 is 2.00 bits per heavy atom. The van der Waals surface area contributed by atoms with Gasteiger partial charge in [-0.15, -0.1) is 0 Å². The molecule has 1 amide bonds. The lowest BCUT2D eigenvalue weighted by atomic mass is 10.3. The number of nitrogens with two attached hydrogens (primary N) is 1. The average Bonchev–Trinajstić information content (AvgIpc) is 2.37. The molecule has 0 unspecified atom stereocenters. The molecular formula is C12H9BrClN3O3S. The van der Waals surface area contributed by atoms with Crippen LogP contribution < -0.4 is 10.5 Å². The Morgan fingerprint density at radius 3 is 2.52 bits per heavy atom. The summed E-state index contributed by atoms with van der Waals surface area (Å²) in [4.78, 5) is 15.8. The lowest BCUT2D eigenvalue weighted by Gasteiger charge is -2.07. The molecule has 0 aliphatic carbocycles. The number of sulfonamides is 1. The zero-order valence-corrected chi connectivity index (χ0v) is 13.5. The van der Waals surface area contributed by atoms with Crippen molar-refractivity contribution in [2.75, 3.05) is 5.32 Å². The monoisotopic (exact) mass is 389 g/mol. The fraction of sp³-hybridized carbons (Fsp3) is 0. The van der Waals surface area contributed by atoms with E-state index in [9.17, 15) is 13.2 Å². The van der Waals surface area contributed by atoms with Crippen molar-refractivity contribution in [2.45, 2.75) is 4.90 Å². The predicted molar refractivity (Wildman–Crippen MR) is 82.7 cm³/mol. The van der Waals surface area contributed by atoms with Gasteiger partial charge in [0, 0.05) is 16.4 Å². The van der Waals surface area contributed by atoms with Gasteiger partial charge in [-0.2, -0.15) is 0 Å². The molecule has 0 fully saturated rings. The number of nitrogens with one attached hydrogen (secondary N) is 1. The Kier molecular flexibility index (Phi) is 4.62. The molecule has 0 radical (unpaired) electrons. The van der Waals surface area contributed by atoms with E-state index < -0.39 is 15.9 Å². The van der Waals surface area contributed by atoms with Crippen LogP contribution in [0.5, 0.6) is 0 Å². The van der Waals surface area contributed by atoms with Gasteiger partial charge in [0.25, 0.3) is 5.91 Å². The number of pyridine rings is 1. The first-order valence-electron chi connectivity index (χ1n) is 5.52. The number of hydrogen-bond donors (Lipinski definition) is 2. The third-order valence-electron chi connectivity index (χ3n) is 2.46. The van der Waals surface area contributed by atoms with Gasteiger partial charge in [-0.1, -0.05) is 11.6 Å². The van der Waals surface area contributed by atoms with Gasteiger partial charge in [-0.3, -0.25) is 4.79 Å². The van der Waals surface area contributed by atoms with E-state index in [2.05, 4.69) is 26.2 Å². The van der Waals surface area contributed by atoms with Crippen LogP contribution in [0, 0.1) is 0 Å². The van der Waals surface area contributed by atoms with E-state index in [1.54, 1.807) is 6.07 Å². The summed E-state index contributed by atoms with van der Waals surface area (Å²) in [5.74, 6) is -0.443. The molecule has 2 aromatic rings. The van der Waals surface area contributed by atoms with Crippen LogP contribution in [0.2, 0.25) is 5.02 Å². The maximum atomic E-state index is 11.9. The van der Waals surface area contributed by atoms with Crippen LogP contribution in [-0.2, 0) is 10.0 Å². The summed E-state index contributed by atoms with van der Waals surface area (Å²) in [6, 6.07) is 7.19. The Morgan fingerprint density at radius 1 is 1.29 bits per heavy atom. The summed E-state index contributed by atoms with van der Waals surface area (Å²) in [5, 5.41) is 8.06. The van der Waals surface area contributed by atoms with Gasteiger partial charge < -0.3 is 5.32 Å². The topological polar surface area (TPSA) is 102 Å². The van der Waals surface area contributed by atoms with Crippen LogP contribution >= 0.6 is 27.5 Å². The van der Waals surface area contributed by atoms with Crippen LogP contribution in [0.3, 0.4) is 0 Å². The molecule has 0 atom stereocenters. The molecule has 1 aromatic heterocycles. The van der Waals surface area contributed by atoms with Crippen molar-refractivity contribution in [3.63, 3.8) is 0 Å². The van der Waals surface area contributed by atoms with Gasteiger partial charge in [0.05, 0.1) is 9.92 Å². The lowest BCUT2D eigenvalue weighted by molar-refractivity contribution is 0.102. The molecular weight excluding hydrogens is 382 g/mol. The third kappa shape index (κ3) is 4.01. The maximum Gasteiger partial charge on any atom is 0.274 e. The Labute approximate surface area is 134 Å². The summed E-state index contributed by atoms with van der Waals surface area (Å²) in [5.41, 5.74) is 0.585. The first-order chi connectivity index (χ1) is 9.77. The molecule has 0 saturated heterocycles. The van der Waals surface area contributed by atoms with E-state index >= 15 is 0 Å². The number of rotatable bonds is 3. The number of nitrogens with zero attached hydrogens (tertiary/aromatic N) is 1. The number of amides is 1. The molecule has 0 bridgehead atoms. The number of primary sulfonamides is 1. The molecule has 2 rings (SSSR count). The molecule has 21 heavy (non-hydrogen) atoms. The highest BCUT2D eigenvalue weighted by atomic mass is 79.9. The minimum atomic E-state index is -3.82. The van der Waals surface area contributed by atoms with Crippen molar-refractivity contribution < 1.29 is 13.2 Å². The number of hydrogen-bond acceptors (Lipinski definition) is 4. The van der Waals surface area contributed by atoms with E-state index in [1.807, 2.05) is 0 Å². The highest BCUT2D eigenvalue weighted by Crippen LogP contribution is 2.24. The second-order valence-electron chi connectivity index (χ2n) is 4.01. The SMILES string of the molecule is NS(=O)(=O)c1ccc(NC(=O)c2ccc(Cl)cn2)cc1Br. The summed E-state index contributed by atoms with van der Waals surface area (Å²) in [7, 11) is -3.82. The number of halogens is 2. The zero-order chi connectivity index (χ0) is 15.6. The first kappa shape index (κ1) is 15.9. The van der Waals surface area contributed by atoms with E-state index in [1.165, 1.54) is 30.5 Å². The molecule has 110 valence electrons. The fourth-order valence-electron chi connectivity index (χ4n) is 1.51. The number of aromatic nitrogens is 1. The minimum Gasteiger partial charge on any atom is -0.321 e. The van der Waals surface area contributed by atoms with Gasteiger partial charge in [-0.05, 0) is 46.3 Å². The van der Waals surface area contributed by atoms with Crippen molar-refractivity contribution >= 4 is 49.1 Å². The molecule has 1 heterocycles. The maximum absolute atomic E-state index is 11.9. The Bertz CT molecular complexity index is 794. The van der Waals surface area contributed by atoms with Gasteiger partial charge >= 0.3 is 0 Å². The normalized spacial score (nSPS) is 11.2. The van der Waals surface area contributed by atoms with Gasteiger partial charge in [0.15, 0.2) is 0 Å². The second-order valence-corrected chi connectivity index (χ2v) is 6.83. The number of benzene rings is 1. The van der Waals surface area contributed by atoms with Crippen molar-refractivity contribution in [1.82, 2.24) is 4.98 Å². The van der Waals surface area contributed by atoms with Crippen molar-refractivity contribution in [3.8, 4) is 0 Å². The quantitative estimate of drug-likeness (QED) is 0.840. The summed E-state index contributed by atoms with van der Waals surface area (Å²) in [6.45, 7) is 0. The van der Waals surface area contributed by atoms with Gasteiger partial charge in [-0.25, -0.2) is 18.5 Å². The molecule has 0 spiro atoms. The van der Waals surface area contributed by atoms with E-state index in [-0.39, 0.29) is 15.1 Å². The van der Waals surface area contributed by atoms with Crippen LogP contribution in [0.15, 0.2) is 45.9 Å². The molecule has 0 aliphatic rings. The van der Waals surface area contributed by atoms with Crippen LogP contribution in [-0.4, -0.2) is 19.3 Å². The van der Waals surface area contributed by atoms with E-state index in [4.69, 9.17) is 16.7 Å². The average molecular weight is 391 g/mol. The van der Waals surface area contributed by atoms with E-state index in [0.717, 1.165) is 0 Å². The molecule has 6 nitrogen and oxygen atoms in total. The third-order valence-corrected chi connectivity index (χ3v) is 4.57. The molecule has 9 heteroatoms. The Hall–Kier alpha value is -1.48.